The minimum atomic E-state index is -0.635. The highest BCUT2D eigenvalue weighted by Crippen LogP contribution is 2.29. The van der Waals surface area contributed by atoms with Crippen molar-refractivity contribution in [2.24, 2.45) is 0 Å². The maximum absolute atomic E-state index is 10.6. The Labute approximate surface area is 79.7 Å². The second kappa shape index (κ2) is 3.32. The van der Waals surface area contributed by atoms with Gasteiger partial charge in [0.1, 0.15) is 0 Å². The van der Waals surface area contributed by atoms with E-state index in [1.807, 2.05) is 0 Å². The zero-order valence-corrected chi connectivity index (χ0v) is 7.76. The standard InChI is InChI=1S/C6H10N6O2/c1-11(2)5-3(12(13)14)4(7)9-6(8)10-5/h1-2H3,(H4,7,8,9,10). The molecule has 8 nitrogen and oxygen atoms in total. The molecule has 0 saturated heterocycles. The van der Waals surface area contributed by atoms with Crippen LogP contribution in [0.1, 0.15) is 0 Å². The molecule has 8 heteroatoms. The Bertz CT molecular complexity index is 377. The molecule has 0 bridgehead atoms. The summed E-state index contributed by atoms with van der Waals surface area (Å²) in [6, 6.07) is 0. The first-order chi connectivity index (χ1) is 6.43. The van der Waals surface area contributed by atoms with Crippen molar-refractivity contribution in [3.63, 3.8) is 0 Å². The SMILES string of the molecule is CN(C)c1nc(N)nc(N)c1[N+](=O)[O-]. The Morgan fingerprint density at radius 1 is 1.36 bits per heavy atom. The van der Waals surface area contributed by atoms with Crippen LogP contribution in [0, 0.1) is 10.1 Å². The molecule has 0 saturated carbocycles. The van der Waals surface area contributed by atoms with Crippen LogP contribution in [-0.4, -0.2) is 29.0 Å². The number of nitrogen functional groups attached to an aromatic ring is 2. The second-order valence-electron chi connectivity index (χ2n) is 2.79. The summed E-state index contributed by atoms with van der Waals surface area (Å²) >= 11 is 0. The van der Waals surface area contributed by atoms with Crippen molar-refractivity contribution in [2.45, 2.75) is 0 Å². The van der Waals surface area contributed by atoms with Crippen LogP contribution in [0.15, 0.2) is 0 Å². The van der Waals surface area contributed by atoms with Crippen LogP contribution in [0.25, 0.3) is 0 Å². The first kappa shape index (κ1) is 9.96. The predicted octanol–water partition coefficient (Wildman–Crippen LogP) is -0.385. The molecule has 0 fully saturated rings. The van der Waals surface area contributed by atoms with E-state index in [1.54, 1.807) is 14.1 Å². The molecule has 1 aromatic heterocycles. The van der Waals surface area contributed by atoms with Crippen molar-refractivity contribution < 1.29 is 4.92 Å². The van der Waals surface area contributed by atoms with Gasteiger partial charge < -0.3 is 16.4 Å². The van der Waals surface area contributed by atoms with Crippen molar-refractivity contribution in [1.82, 2.24) is 9.97 Å². The fourth-order valence-corrected chi connectivity index (χ4v) is 0.964. The van der Waals surface area contributed by atoms with E-state index in [0.717, 1.165) is 0 Å². The third kappa shape index (κ3) is 1.63. The zero-order chi connectivity index (χ0) is 10.9. The van der Waals surface area contributed by atoms with Gasteiger partial charge in [-0.25, -0.2) is 0 Å². The van der Waals surface area contributed by atoms with Gasteiger partial charge in [0.05, 0.1) is 4.92 Å². The van der Waals surface area contributed by atoms with Crippen LogP contribution < -0.4 is 16.4 Å². The van der Waals surface area contributed by atoms with E-state index in [0.29, 0.717) is 0 Å². The smallest absolute Gasteiger partial charge is 0.353 e. The molecule has 0 radical (unpaired) electrons. The topological polar surface area (TPSA) is 124 Å². The van der Waals surface area contributed by atoms with Crippen molar-refractivity contribution in [2.75, 3.05) is 30.5 Å². The first-order valence-corrected chi connectivity index (χ1v) is 3.68. The number of rotatable bonds is 2. The number of nitro groups is 1. The maximum Gasteiger partial charge on any atom is 0.353 e. The molecule has 0 amide bonds. The highest BCUT2D eigenvalue weighted by Gasteiger charge is 2.23. The lowest BCUT2D eigenvalue weighted by Gasteiger charge is -2.11. The van der Waals surface area contributed by atoms with Gasteiger partial charge in [-0.1, -0.05) is 0 Å². The lowest BCUT2D eigenvalue weighted by Crippen LogP contribution is -2.16. The average Bonchev–Trinajstić information content (AvgIpc) is 2.01. The summed E-state index contributed by atoms with van der Waals surface area (Å²) < 4.78 is 0. The molecule has 1 aromatic rings. The van der Waals surface area contributed by atoms with E-state index in [1.165, 1.54) is 4.90 Å². The molecule has 0 aromatic carbocycles. The summed E-state index contributed by atoms with van der Waals surface area (Å²) in [5.41, 5.74) is 10.3. The Kier molecular flexibility index (Phi) is 2.36. The van der Waals surface area contributed by atoms with Gasteiger partial charge in [-0.15, -0.1) is 0 Å². The van der Waals surface area contributed by atoms with Crippen molar-refractivity contribution >= 4 is 23.3 Å². The quantitative estimate of drug-likeness (QED) is 0.490. The van der Waals surface area contributed by atoms with Crippen LogP contribution in [0.5, 0.6) is 0 Å². The van der Waals surface area contributed by atoms with Gasteiger partial charge in [-0.3, -0.25) is 10.1 Å². The Morgan fingerprint density at radius 3 is 2.36 bits per heavy atom. The zero-order valence-electron chi connectivity index (χ0n) is 7.76. The molecule has 0 aliphatic heterocycles. The normalized spacial score (nSPS) is 9.86. The molecule has 0 spiro atoms. The van der Waals surface area contributed by atoms with E-state index in [4.69, 9.17) is 11.5 Å². The predicted molar refractivity (Wildman–Crippen MR) is 51.8 cm³/mol. The molecular weight excluding hydrogens is 188 g/mol. The van der Waals surface area contributed by atoms with Gasteiger partial charge in [-0.2, -0.15) is 9.97 Å². The van der Waals surface area contributed by atoms with Crippen LogP contribution >= 0.6 is 0 Å². The number of hydrogen-bond acceptors (Lipinski definition) is 7. The average molecular weight is 198 g/mol. The van der Waals surface area contributed by atoms with Crippen molar-refractivity contribution in [3.05, 3.63) is 10.1 Å². The summed E-state index contributed by atoms with van der Waals surface area (Å²) in [7, 11) is 3.21. The van der Waals surface area contributed by atoms with Gasteiger partial charge in [0.25, 0.3) is 0 Å². The molecule has 76 valence electrons. The molecule has 4 N–H and O–H groups in total. The molecule has 14 heavy (non-hydrogen) atoms. The van der Waals surface area contributed by atoms with E-state index < -0.39 is 4.92 Å². The lowest BCUT2D eigenvalue weighted by molar-refractivity contribution is -0.383. The van der Waals surface area contributed by atoms with Crippen LogP contribution in [-0.2, 0) is 0 Å². The minimum Gasteiger partial charge on any atom is -0.378 e. The summed E-state index contributed by atoms with van der Waals surface area (Å²) in [5.74, 6) is -0.219. The molecule has 0 aliphatic rings. The van der Waals surface area contributed by atoms with Crippen molar-refractivity contribution in [1.29, 1.82) is 0 Å². The van der Waals surface area contributed by atoms with E-state index in [-0.39, 0.29) is 23.3 Å². The third-order valence-electron chi connectivity index (χ3n) is 1.52. The number of aromatic nitrogens is 2. The maximum atomic E-state index is 10.6. The van der Waals surface area contributed by atoms with Crippen LogP contribution in [0.3, 0.4) is 0 Å². The highest BCUT2D eigenvalue weighted by molar-refractivity contribution is 5.69. The van der Waals surface area contributed by atoms with E-state index in [2.05, 4.69) is 9.97 Å². The van der Waals surface area contributed by atoms with Gasteiger partial charge in [0, 0.05) is 14.1 Å². The number of hydrogen-bond donors (Lipinski definition) is 2. The number of nitrogens with two attached hydrogens (primary N) is 2. The molecule has 1 heterocycles. The fraction of sp³-hybridized carbons (Fsp3) is 0.333. The second-order valence-corrected chi connectivity index (χ2v) is 2.79. The molecule has 0 unspecified atom stereocenters. The van der Waals surface area contributed by atoms with Gasteiger partial charge in [0.2, 0.25) is 17.6 Å². The summed E-state index contributed by atoms with van der Waals surface area (Å²) in [6.45, 7) is 0. The lowest BCUT2D eigenvalue weighted by atomic mass is 10.4. The van der Waals surface area contributed by atoms with E-state index >= 15 is 0 Å². The molecule has 0 aliphatic carbocycles. The molecule has 1 rings (SSSR count). The summed E-state index contributed by atoms with van der Waals surface area (Å²) in [5, 5.41) is 10.6. The Balaban J connectivity index is 3.44. The van der Waals surface area contributed by atoms with Gasteiger partial charge in [0.15, 0.2) is 0 Å². The van der Waals surface area contributed by atoms with Gasteiger partial charge in [-0.05, 0) is 0 Å². The number of anilines is 3. The molecular formula is C6H10N6O2. The fourth-order valence-electron chi connectivity index (χ4n) is 0.964. The minimum absolute atomic E-state index is 0.0863. The monoisotopic (exact) mass is 198 g/mol. The Morgan fingerprint density at radius 2 is 1.93 bits per heavy atom. The highest BCUT2D eigenvalue weighted by atomic mass is 16.6. The van der Waals surface area contributed by atoms with E-state index in [9.17, 15) is 10.1 Å². The summed E-state index contributed by atoms with van der Waals surface area (Å²) in [6.07, 6.45) is 0. The number of nitrogens with zero attached hydrogens (tertiary/aromatic N) is 4. The van der Waals surface area contributed by atoms with Crippen molar-refractivity contribution in [3.8, 4) is 0 Å². The van der Waals surface area contributed by atoms with Gasteiger partial charge >= 0.3 is 5.69 Å². The third-order valence-corrected chi connectivity index (χ3v) is 1.52. The Hall–Kier alpha value is -2.12. The van der Waals surface area contributed by atoms with Crippen LogP contribution in [0.4, 0.5) is 23.3 Å². The first-order valence-electron chi connectivity index (χ1n) is 3.68. The van der Waals surface area contributed by atoms with Crippen LogP contribution in [0.2, 0.25) is 0 Å². The largest absolute Gasteiger partial charge is 0.378 e. The summed E-state index contributed by atoms with van der Waals surface area (Å²) in [4.78, 5) is 18.7. The molecule has 0 atom stereocenters.